The summed E-state index contributed by atoms with van der Waals surface area (Å²) in [6, 6.07) is 7.41. The third-order valence-corrected chi connectivity index (χ3v) is 4.21. The zero-order valence-electron chi connectivity index (χ0n) is 12.0. The second-order valence-corrected chi connectivity index (χ2v) is 6.06. The number of nitrogens with zero attached hydrogens (tertiary/aromatic N) is 1. The van der Waals surface area contributed by atoms with Gasteiger partial charge in [0.25, 0.3) is 0 Å². The lowest BCUT2D eigenvalue weighted by atomic mass is 9.93. The molecular formula is C16H19BrN2O2. The Kier molecular flexibility index (Phi) is 5.56. The monoisotopic (exact) mass is 350 g/mol. The molecule has 4 nitrogen and oxygen atoms in total. The molecule has 0 saturated carbocycles. The minimum atomic E-state index is -0.191. The van der Waals surface area contributed by atoms with Crippen LogP contribution in [0, 0.1) is 5.92 Å². The molecule has 0 radical (unpaired) electrons. The Labute approximate surface area is 133 Å². The molecule has 112 valence electrons. The van der Waals surface area contributed by atoms with Crippen LogP contribution in [0.4, 0.5) is 5.69 Å². The molecule has 1 unspecified atom stereocenters. The fourth-order valence-electron chi connectivity index (χ4n) is 2.38. The zero-order valence-corrected chi connectivity index (χ0v) is 13.6. The fourth-order valence-corrected chi connectivity index (χ4v) is 2.76. The number of likely N-dealkylation sites (N-methyl/N-ethyl adjacent to an activating group) is 1. The Morgan fingerprint density at radius 1 is 1.33 bits per heavy atom. The van der Waals surface area contributed by atoms with E-state index in [1.54, 1.807) is 7.05 Å². The maximum absolute atomic E-state index is 12.3. The Hall–Kier alpha value is -1.62. The van der Waals surface area contributed by atoms with E-state index < -0.39 is 0 Å². The normalized spacial score (nSPS) is 17.3. The molecule has 0 heterocycles. The van der Waals surface area contributed by atoms with Crippen molar-refractivity contribution in [3.05, 3.63) is 40.9 Å². The van der Waals surface area contributed by atoms with Crippen LogP contribution in [-0.2, 0) is 9.59 Å². The largest absolute Gasteiger partial charge is 0.336 e. The average molecular weight is 351 g/mol. The number of carbonyl (C=O) groups is 2. The van der Waals surface area contributed by atoms with E-state index in [0.717, 1.165) is 23.7 Å². The summed E-state index contributed by atoms with van der Waals surface area (Å²) in [5.74, 6) is -0.137. The van der Waals surface area contributed by atoms with Gasteiger partial charge in [0.05, 0.1) is 12.2 Å². The highest BCUT2D eigenvalue weighted by molar-refractivity contribution is 9.10. The number of benzene rings is 1. The first-order chi connectivity index (χ1) is 10.1. The molecule has 5 heteroatoms. The number of hydrogen-bond acceptors (Lipinski definition) is 2. The van der Waals surface area contributed by atoms with E-state index in [1.807, 2.05) is 30.3 Å². The van der Waals surface area contributed by atoms with Crippen molar-refractivity contribution in [1.29, 1.82) is 0 Å². The van der Waals surface area contributed by atoms with Gasteiger partial charge in [-0.15, -0.1) is 0 Å². The van der Waals surface area contributed by atoms with Crippen molar-refractivity contribution in [2.45, 2.75) is 19.3 Å². The number of hydrogen-bond donors (Lipinski definition) is 1. The summed E-state index contributed by atoms with van der Waals surface area (Å²) in [7, 11) is 1.68. The molecule has 21 heavy (non-hydrogen) atoms. The van der Waals surface area contributed by atoms with Gasteiger partial charge in [-0.25, -0.2) is 0 Å². The SMILES string of the molecule is CN(CC(=O)Nc1ccccc1Br)C(=O)C1CC=CCC1. The molecular weight excluding hydrogens is 332 g/mol. The van der Waals surface area contributed by atoms with Crippen molar-refractivity contribution in [2.75, 3.05) is 18.9 Å². The second kappa shape index (κ2) is 7.41. The van der Waals surface area contributed by atoms with Crippen LogP contribution in [0.25, 0.3) is 0 Å². The van der Waals surface area contributed by atoms with Crippen LogP contribution >= 0.6 is 15.9 Å². The molecule has 1 aromatic rings. The van der Waals surface area contributed by atoms with Crippen LogP contribution in [0.5, 0.6) is 0 Å². The number of halogens is 1. The highest BCUT2D eigenvalue weighted by atomic mass is 79.9. The van der Waals surface area contributed by atoms with E-state index in [4.69, 9.17) is 0 Å². The van der Waals surface area contributed by atoms with Crippen LogP contribution in [0.15, 0.2) is 40.9 Å². The van der Waals surface area contributed by atoms with Crippen molar-refractivity contribution in [3.63, 3.8) is 0 Å². The molecule has 0 fully saturated rings. The number of anilines is 1. The van der Waals surface area contributed by atoms with Gasteiger partial charge in [-0.1, -0.05) is 24.3 Å². The average Bonchev–Trinajstić information content (AvgIpc) is 2.49. The summed E-state index contributed by atoms with van der Waals surface area (Å²) in [5, 5.41) is 2.81. The summed E-state index contributed by atoms with van der Waals surface area (Å²) in [6.45, 7) is 0.0698. The van der Waals surface area contributed by atoms with E-state index in [2.05, 4.69) is 27.3 Å². The van der Waals surface area contributed by atoms with Gasteiger partial charge in [0.2, 0.25) is 11.8 Å². The predicted octanol–water partition coefficient (Wildman–Crippen LogP) is 3.20. The van der Waals surface area contributed by atoms with E-state index in [-0.39, 0.29) is 24.3 Å². The Morgan fingerprint density at radius 2 is 2.10 bits per heavy atom. The molecule has 0 saturated heterocycles. The lowest BCUT2D eigenvalue weighted by molar-refractivity contribution is -0.137. The molecule has 2 amide bonds. The molecule has 0 aromatic heterocycles. The minimum Gasteiger partial charge on any atom is -0.336 e. The molecule has 0 bridgehead atoms. The van der Waals surface area contributed by atoms with Crippen molar-refractivity contribution >= 4 is 33.4 Å². The standard InChI is InChI=1S/C16H19BrN2O2/c1-19(16(21)12-7-3-2-4-8-12)11-15(20)18-14-10-6-5-9-13(14)17/h2-3,5-6,9-10,12H,4,7-8,11H2,1H3,(H,18,20). The van der Waals surface area contributed by atoms with Crippen molar-refractivity contribution < 1.29 is 9.59 Å². The minimum absolute atomic E-state index is 0.0104. The lowest BCUT2D eigenvalue weighted by Gasteiger charge is -2.24. The highest BCUT2D eigenvalue weighted by Gasteiger charge is 2.23. The maximum atomic E-state index is 12.3. The summed E-state index contributed by atoms with van der Waals surface area (Å²) >= 11 is 3.38. The van der Waals surface area contributed by atoms with E-state index in [1.165, 1.54) is 4.90 Å². The highest BCUT2D eigenvalue weighted by Crippen LogP contribution is 2.22. The van der Waals surface area contributed by atoms with Crippen molar-refractivity contribution in [2.24, 2.45) is 5.92 Å². The number of allylic oxidation sites excluding steroid dienone is 2. The maximum Gasteiger partial charge on any atom is 0.244 e. The molecule has 1 aromatic carbocycles. The van der Waals surface area contributed by atoms with Gasteiger partial charge in [-0.3, -0.25) is 9.59 Å². The van der Waals surface area contributed by atoms with Gasteiger partial charge >= 0.3 is 0 Å². The van der Waals surface area contributed by atoms with Gasteiger partial charge in [0, 0.05) is 17.4 Å². The zero-order chi connectivity index (χ0) is 15.2. The van der Waals surface area contributed by atoms with Crippen molar-refractivity contribution in [1.82, 2.24) is 4.90 Å². The van der Waals surface area contributed by atoms with Crippen LogP contribution < -0.4 is 5.32 Å². The summed E-state index contributed by atoms with van der Waals surface area (Å²) in [5.41, 5.74) is 0.712. The summed E-state index contributed by atoms with van der Waals surface area (Å²) < 4.78 is 0.824. The van der Waals surface area contributed by atoms with Crippen molar-refractivity contribution in [3.8, 4) is 0 Å². The third-order valence-electron chi connectivity index (χ3n) is 3.52. The number of carbonyl (C=O) groups excluding carboxylic acids is 2. The van der Waals surface area contributed by atoms with Gasteiger partial charge in [0.15, 0.2) is 0 Å². The van der Waals surface area contributed by atoms with Crippen LogP contribution in [0.1, 0.15) is 19.3 Å². The first-order valence-electron chi connectivity index (χ1n) is 7.02. The molecule has 1 N–H and O–H groups in total. The van der Waals surface area contributed by atoms with E-state index in [0.29, 0.717) is 5.69 Å². The van der Waals surface area contributed by atoms with Crippen LogP contribution in [-0.4, -0.2) is 30.3 Å². The number of amides is 2. The molecule has 1 aliphatic carbocycles. The molecule has 0 aliphatic heterocycles. The smallest absolute Gasteiger partial charge is 0.244 e. The van der Waals surface area contributed by atoms with Gasteiger partial charge < -0.3 is 10.2 Å². The molecule has 0 spiro atoms. The fraction of sp³-hybridized carbons (Fsp3) is 0.375. The van der Waals surface area contributed by atoms with Crippen LogP contribution in [0.3, 0.4) is 0 Å². The van der Waals surface area contributed by atoms with Gasteiger partial charge in [-0.05, 0) is 47.3 Å². The predicted molar refractivity (Wildman–Crippen MR) is 86.9 cm³/mol. The van der Waals surface area contributed by atoms with Crippen LogP contribution in [0.2, 0.25) is 0 Å². The number of para-hydroxylation sites is 1. The van der Waals surface area contributed by atoms with E-state index >= 15 is 0 Å². The number of rotatable bonds is 4. The van der Waals surface area contributed by atoms with E-state index in [9.17, 15) is 9.59 Å². The topological polar surface area (TPSA) is 49.4 Å². The first-order valence-corrected chi connectivity index (χ1v) is 7.81. The molecule has 1 aliphatic rings. The number of nitrogens with one attached hydrogen (secondary N) is 1. The Morgan fingerprint density at radius 3 is 2.76 bits per heavy atom. The Balaban J connectivity index is 1.88. The summed E-state index contributed by atoms with van der Waals surface area (Å²) in [4.78, 5) is 25.8. The quantitative estimate of drug-likeness (QED) is 0.847. The van der Waals surface area contributed by atoms with Gasteiger partial charge in [0.1, 0.15) is 0 Å². The Bertz CT molecular complexity index is 557. The summed E-state index contributed by atoms with van der Waals surface area (Å²) in [6.07, 6.45) is 6.72. The third kappa shape index (κ3) is 4.43. The molecule has 2 rings (SSSR count). The van der Waals surface area contributed by atoms with Gasteiger partial charge in [-0.2, -0.15) is 0 Å². The lowest BCUT2D eigenvalue weighted by Crippen LogP contribution is -2.38. The second-order valence-electron chi connectivity index (χ2n) is 5.20. The first kappa shape index (κ1) is 15.8. The molecule has 1 atom stereocenters.